The third-order valence-electron chi connectivity index (χ3n) is 5.03. The molecule has 7 heteroatoms. The molecule has 0 fully saturated rings. The fraction of sp³-hybridized carbons (Fsp3) is 0.148. The lowest BCUT2D eigenvalue weighted by Crippen LogP contribution is -2.32. The van der Waals surface area contributed by atoms with Crippen LogP contribution in [0.4, 0.5) is 11.4 Å². The number of anilines is 2. The minimum atomic E-state index is -0.458. The van der Waals surface area contributed by atoms with Gasteiger partial charge in [0.15, 0.2) is 0 Å². The van der Waals surface area contributed by atoms with E-state index in [1.54, 1.807) is 38.1 Å². The normalized spacial score (nSPS) is 13.6. The van der Waals surface area contributed by atoms with Crippen LogP contribution in [-0.4, -0.2) is 23.9 Å². The molecule has 4 rings (SSSR count). The SMILES string of the molecule is Cc1ccc(NC2=C(Sc3ccccc3)C(=O)N(c3ccc(C(=O)OC(C)C)cc3)C2=O)cc1. The first-order chi connectivity index (χ1) is 16.3. The predicted molar refractivity (Wildman–Crippen MR) is 134 cm³/mol. The fourth-order valence-corrected chi connectivity index (χ4v) is 4.31. The highest BCUT2D eigenvalue weighted by atomic mass is 32.2. The van der Waals surface area contributed by atoms with Crippen LogP contribution in [0.15, 0.2) is 94.4 Å². The van der Waals surface area contributed by atoms with Crippen molar-refractivity contribution >= 4 is 40.9 Å². The first kappa shape index (κ1) is 23.3. The Hall–Kier alpha value is -3.84. The molecule has 1 aliphatic rings. The molecule has 0 aromatic heterocycles. The minimum absolute atomic E-state index is 0.214. The number of hydrogen-bond donors (Lipinski definition) is 1. The molecule has 0 saturated heterocycles. The summed E-state index contributed by atoms with van der Waals surface area (Å²) in [6.07, 6.45) is -0.244. The Kier molecular flexibility index (Phi) is 6.84. The van der Waals surface area contributed by atoms with E-state index in [9.17, 15) is 14.4 Å². The van der Waals surface area contributed by atoms with Gasteiger partial charge in [-0.1, -0.05) is 47.7 Å². The molecule has 0 atom stereocenters. The maximum absolute atomic E-state index is 13.4. The van der Waals surface area contributed by atoms with Crippen LogP contribution < -0.4 is 10.2 Å². The minimum Gasteiger partial charge on any atom is -0.459 e. The molecular formula is C27H24N2O4S. The highest BCUT2D eigenvalue weighted by molar-refractivity contribution is 8.04. The van der Waals surface area contributed by atoms with E-state index in [0.29, 0.717) is 21.8 Å². The maximum atomic E-state index is 13.4. The van der Waals surface area contributed by atoms with Crippen LogP contribution in [0.5, 0.6) is 0 Å². The largest absolute Gasteiger partial charge is 0.459 e. The van der Waals surface area contributed by atoms with E-state index < -0.39 is 17.8 Å². The van der Waals surface area contributed by atoms with Crippen molar-refractivity contribution in [2.24, 2.45) is 0 Å². The van der Waals surface area contributed by atoms with E-state index in [2.05, 4.69) is 5.32 Å². The molecule has 1 aliphatic heterocycles. The molecule has 0 saturated carbocycles. The number of thioether (sulfide) groups is 1. The number of benzene rings is 3. The zero-order valence-electron chi connectivity index (χ0n) is 19.1. The van der Waals surface area contributed by atoms with E-state index in [-0.39, 0.29) is 11.8 Å². The van der Waals surface area contributed by atoms with Gasteiger partial charge in [-0.2, -0.15) is 0 Å². The third kappa shape index (κ3) is 5.05. The van der Waals surface area contributed by atoms with Gasteiger partial charge >= 0.3 is 5.97 Å². The monoisotopic (exact) mass is 472 g/mol. The van der Waals surface area contributed by atoms with Crippen molar-refractivity contribution in [3.05, 3.63) is 101 Å². The van der Waals surface area contributed by atoms with Crippen LogP contribution in [0, 0.1) is 6.92 Å². The second-order valence-electron chi connectivity index (χ2n) is 8.06. The molecular weight excluding hydrogens is 448 g/mol. The van der Waals surface area contributed by atoms with E-state index >= 15 is 0 Å². The summed E-state index contributed by atoms with van der Waals surface area (Å²) in [4.78, 5) is 41.3. The lowest BCUT2D eigenvalue weighted by molar-refractivity contribution is -0.120. The number of nitrogens with zero attached hydrogens (tertiary/aromatic N) is 1. The summed E-state index contributed by atoms with van der Waals surface area (Å²) in [7, 11) is 0. The van der Waals surface area contributed by atoms with E-state index in [0.717, 1.165) is 15.4 Å². The second-order valence-corrected chi connectivity index (χ2v) is 9.14. The smallest absolute Gasteiger partial charge is 0.338 e. The van der Waals surface area contributed by atoms with E-state index in [1.807, 2.05) is 61.5 Å². The number of carbonyl (C=O) groups is 3. The van der Waals surface area contributed by atoms with Crippen molar-refractivity contribution in [1.82, 2.24) is 0 Å². The van der Waals surface area contributed by atoms with Crippen LogP contribution in [-0.2, 0) is 14.3 Å². The Labute approximate surface area is 202 Å². The molecule has 172 valence electrons. The molecule has 1 heterocycles. The van der Waals surface area contributed by atoms with Crippen molar-refractivity contribution in [2.75, 3.05) is 10.2 Å². The Balaban J connectivity index is 1.66. The van der Waals surface area contributed by atoms with Crippen LogP contribution >= 0.6 is 11.8 Å². The van der Waals surface area contributed by atoms with Gasteiger partial charge in [-0.3, -0.25) is 9.59 Å². The number of aryl methyl sites for hydroxylation is 1. The first-order valence-electron chi connectivity index (χ1n) is 10.8. The number of esters is 1. The number of ether oxygens (including phenoxy) is 1. The third-order valence-corrected chi connectivity index (χ3v) is 6.12. The summed E-state index contributed by atoms with van der Waals surface area (Å²) in [6, 6.07) is 23.3. The standard InChI is InChI=1S/C27H24N2O4S/c1-17(2)33-27(32)19-11-15-21(16-12-19)29-25(30)23(28-20-13-9-18(3)10-14-20)24(26(29)31)34-22-7-5-4-6-8-22/h4-17,28H,1-3H3. The number of carbonyl (C=O) groups excluding carboxylic acids is 3. The van der Waals surface area contributed by atoms with Crippen LogP contribution in [0.25, 0.3) is 0 Å². The van der Waals surface area contributed by atoms with Gasteiger partial charge < -0.3 is 10.1 Å². The number of nitrogens with one attached hydrogen (secondary N) is 1. The summed E-state index contributed by atoms with van der Waals surface area (Å²) < 4.78 is 5.21. The molecule has 0 spiro atoms. The highest BCUT2D eigenvalue weighted by Crippen LogP contribution is 2.37. The van der Waals surface area contributed by atoms with Crippen molar-refractivity contribution in [1.29, 1.82) is 0 Å². The first-order valence-corrected chi connectivity index (χ1v) is 11.7. The average molecular weight is 473 g/mol. The van der Waals surface area contributed by atoms with Crippen molar-refractivity contribution in [3.8, 4) is 0 Å². The van der Waals surface area contributed by atoms with Gasteiger partial charge in [-0.25, -0.2) is 9.69 Å². The molecule has 2 amide bonds. The summed E-state index contributed by atoms with van der Waals surface area (Å²) in [6.45, 7) is 5.52. The van der Waals surface area contributed by atoms with Crippen LogP contribution in [0.1, 0.15) is 29.8 Å². The van der Waals surface area contributed by atoms with Gasteiger partial charge in [0.2, 0.25) is 0 Å². The van der Waals surface area contributed by atoms with Crippen molar-refractivity contribution < 1.29 is 19.1 Å². The molecule has 3 aromatic carbocycles. The second kappa shape index (κ2) is 9.97. The summed E-state index contributed by atoms with van der Waals surface area (Å²) >= 11 is 1.24. The highest BCUT2D eigenvalue weighted by Gasteiger charge is 2.40. The Morgan fingerprint density at radius 3 is 2.15 bits per heavy atom. The lowest BCUT2D eigenvalue weighted by atomic mass is 10.2. The molecule has 3 aromatic rings. The van der Waals surface area contributed by atoms with Crippen molar-refractivity contribution in [3.63, 3.8) is 0 Å². The van der Waals surface area contributed by atoms with Gasteiger partial charge in [-0.15, -0.1) is 0 Å². The molecule has 34 heavy (non-hydrogen) atoms. The van der Waals surface area contributed by atoms with E-state index in [1.165, 1.54) is 11.8 Å². The van der Waals surface area contributed by atoms with Gasteiger partial charge in [-0.05, 0) is 69.3 Å². The van der Waals surface area contributed by atoms with Crippen LogP contribution in [0.3, 0.4) is 0 Å². The van der Waals surface area contributed by atoms with Crippen molar-refractivity contribution in [2.45, 2.75) is 31.8 Å². The molecule has 1 N–H and O–H groups in total. The number of imide groups is 1. The zero-order valence-corrected chi connectivity index (χ0v) is 19.9. The van der Waals surface area contributed by atoms with Gasteiger partial charge in [0, 0.05) is 10.6 Å². The van der Waals surface area contributed by atoms with Gasteiger partial charge in [0.1, 0.15) is 10.6 Å². The zero-order chi connectivity index (χ0) is 24.2. The lowest BCUT2D eigenvalue weighted by Gasteiger charge is -2.16. The van der Waals surface area contributed by atoms with Gasteiger partial charge in [0.05, 0.1) is 17.4 Å². The molecule has 0 bridgehead atoms. The average Bonchev–Trinajstić information content (AvgIpc) is 3.04. The number of rotatable bonds is 7. The Morgan fingerprint density at radius 1 is 0.882 bits per heavy atom. The summed E-state index contributed by atoms with van der Waals surface area (Å²) in [5, 5.41) is 3.14. The Morgan fingerprint density at radius 2 is 1.53 bits per heavy atom. The summed E-state index contributed by atoms with van der Waals surface area (Å²) in [5.41, 5.74) is 2.74. The molecule has 0 aliphatic carbocycles. The quantitative estimate of drug-likeness (QED) is 0.359. The van der Waals surface area contributed by atoms with E-state index in [4.69, 9.17) is 4.74 Å². The fourth-order valence-electron chi connectivity index (χ4n) is 3.37. The maximum Gasteiger partial charge on any atom is 0.338 e. The van der Waals surface area contributed by atoms with Gasteiger partial charge in [0.25, 0.3) is 11.8 Å². The number of amides is 2. The summed E-state index contributed by atoms with van der Waals surface area (Å²) in [5.74, 6) is -1.34. The molecule has 0 radical (unpaired) electrons. The Bertz CT molecular complexity index is 1250. The molecule has 6 nitrogen and oxygen atoms in total. The molecule has 0 unspecified atom stereocenters. The number of hydrogen-bond acceptors (Lipinski definition) is 6. The predicted octanol–water partition coefficient (Wildman–Crippen LogP) is 5.55. The van der Waals surface area contributed by atoms with Crippen LogP contribution in [0.2, 0.25) is 0 Å². The topological polar surface area (TPSA) is 75.7 Å².